The number of rotatable bonds is 9. The van der Waals surface area contributed by atoms with Crippen molar-refractivity contribution in [1.82, 2.24) is 4.90 Å². The van der Waals surface area contributed by atoms with Crippen LogP contribution >= 0.6 is 0 Å². The number of Topliss-reactive ketones (excluding diaryl/α,β-unsaturated/α-hetero) is 1. The van der Waals surface area contributed by atoms with Crippen molar-refractivity contribution in [3.63, 3.8) is 0 Å². The minimum absolute atomic E-state index is 0.000740. The molecule has 0 unspecified atom stereocenters. The van der Waals surface area contributed by atoms with Crippen LogP contribution in [0.25, 0.3) is 0 Å². The summed E-state index contributed by atoms with van der Waals surface area (Å²) in [6, 6.07) is 12.6. The number of nitrogens with one attached hydrogen (secondary N) is 1. The molecule has 2 aromatic carbocycles. The summed E-state index contributed by atoms with van der Waals surface area (Å²) in [5, 5.41) is 2.86. The number of carbonyl (C=O) groups excluding carboxylic acids is 2. The molecule has 0 atom stereocenters. The molecule has 0 radical (unpaired) electrons. The summed E-state index contributed by atoms with van der Waals surface area (Å²) in [5.41, 5.74) is 2.22. The van der Waals surface area contributed by atoms with Crippen molar-refractivity contribution in [2.45, 2.75) is 20.4 Å². The number of anilines is 1. The summed E-state index contributed by atoms with van der Waals surface area (Å²) in [6.45, 7) is 4.68. The van der Waals surface area contributed by atoms with Gasteiger partial charge in [-0.3, -0.25) is 14.5 Å². The maximum atomic E-state index is 12.3. The van der Waals surface area contributed by atoms with Gasteiger partial charge in [0.15, 0.2) is 5.78 Å². The largest absolute Gasteiger partial charge is 0.497 e. The molecule has 2 rings (SSSR count). The van der Waals surface area contributed by atoms with Crippen molar-refractivity contribution in [2.24, 2.45) is 0 Å². The third-order valence-corrected chi connectivity index (χ3v) is 3.99. The lowest BCUT2D eigenvalue weighted by molar-refractivity contribution is -0.117. The van der Waals surface area contributed by atoms with Gasteiger partial charge in [0.2, 0.25) is 5.91 Å². The third-order valence-electron chi connectivity index (χ3n) is 3.99. The highest BCUT2D eigenvalue weighted by atomic mass is 16.5. The van der Waals surface area contributed by atoms with Crippen molar-refractivity contribution in [3.8, 4) is 11.5 Å². The predicted octanol–water partition coefficient (Wildman–Crippen LogP) is 3.37. The molecule has 144 valence electrons. The highest BCUT2D eigenvalue weighted by Crippen LogP contribution is 2.22. The molecule has 6 nitrogen and oxygen atoms in total. The summed E-state index contributed by atoms with van der Waals surface area (Å²) in [7, 11) is 3.45. The van der Waals surface area contributed by atoms with E-state index >= 15 is 0 Å². The minimum atomic E-state index is -0.122. The van der Waals surface area contributed by atoms with E-state index in [0.717, 1.165) is 17.1 Å². The van der Waals surface area contributed by atoms with Gasteiger partial charge in [0.1, 0.15) is 11.5 Å². The molecule has 0 heterocycles. The second kappa shape index (κ2) is 9.73. The van der Waals surface area contributed by atoms with Crippen LogP contribution in [-0.4, -0.2) is 43.9 Å². The van der Waals surface area contributed by atoms with E-state index in [4.69, 9.17) is 9.47 Å². The van der Waals surface area contributed by atoms with Crippen molar-refractivity contribution < 1.29 is 19.1 Å². The fourth-order valence-electron chi connectivity index (χ4n) is 2.69. The minimum Gasteiger partial charge on any atom is -0.497 e. The van der Waals surface area contributed by atoms with Gasteiger partial charge in [0.25, 0.3) is 0 Å². The van der Waals surface area contributed by atoms with Crippen LogP contribution in [-0.2, 0) is 11.3 Å². The molecule has 0 aromatic heterocycles. The fraction of sp³-hybridized carbons (Fsp3) is 0.333. The second-order valence-electron chi connectivity index (χ2n) is 6.26. The molecular weight excluding hydrogens is 344 g/mol. The zero-order chi connectivity index (χ0) is 19.8. The summed E-state index contributed by atoms with van der Waals surface area (Å²) in [4.78, 5) is 25.8. The van der Waals surface area contributed by atoms with Crippen LogP contribution in [0.3, 0.4) is 0 Å². The Balaban J connectivity index is 2.00. The predicted molar refractivity (Wildman–Crippen MR) is 106 cm³/mol. The van der Waals surface area contributed by atoms with E-state index in [-0.39, 0.29) is 18.2 Å². The first-order valence-electron chi connectivity index (χ1n) is 8.82. The molecule has 0 bridgehead atoms. The maximum Gasteiger partial charge on any atom is 0.238 e. The van der Waals surface area contributed by atoms with Crippen LogP contribution in [0, 0.1) is 0 Å². The number of ketones is 1. The van der Waals surface area contributed by atoms with Crippen molar-refractivity contribution >= 4 is 17.4 Å². The molecule has 0 aliphatic heterocycles. The van der Waals surface area contributed by atoms with Gasteiger partial charge in [0, 0.05) is 23.4 Å². The highest BCUT2D eigenvalue weighted by Gasteiger charge is 2.13. The zero-order valence-electron chi connectivity index (χ0n) is 16.2. The highest BCUT2D eigenvalue weighted by molar-refractivity contribution is 5.94. The van der Waals surface area contributed by atoms with Crippen molar-refractivity contribution in [3.05, 3.63) is 53.6 Å². The Hall–Kier alpha value is -2.86. The molecule has 6 heteroatoms. The van der Waals surface area contributed by atoms with E-state index < -0.39 is 0 Å². The number of amides is 1. The van der Waals surface area contributed by atoms with Crippen LogP contribution in [0.4, 0.5) is 5.69 Å². The van der Waals surface area contributed by atoms with Gasteiger partial charge in [-0.2, -0.15) is 0 Å². The quantitative estimate of drug-likeness (QED) is 0.686. The normalized spacial score (nSPS) is 10.6. The number of ether oxygens (including phenoxy) is 2. The van der Waals surface area contributed by atoms with Crippen molar-refractivity contribution in [2.75, 3.05) is 32.6 Å². The van der Waals surface area contributed by atoms with E-state index in [2.05, 4.69) is 5.32 Å². The molecule has 2 aromatic rings. The molecule has 0 spiro atoms. The van der Waals surface area contributed by atoms with Gasteiger partial charge in [0.05, 0.1) is 20.3 Å². The summed E-state index contributed by atoms with van der Waals surface area (Å²) < 4.78 is 10.8. The van der Waals surface area contributed by atoms with Crippen LogP contribution in [0.2, 0.25) is 0 Å². The number of hydrogen-bond donors (Lipinski definition) is 1. The Morgan fingerprint density at radius 3 is 2.41 bits per heavy atom. The Labute approximate surface area is 160 Å². The van der Waals surface area contributed by atoms with Crippen LogP contribution in [0.5, 0.6) is 11.5 Å². The molecule has 1 N–H and O–H groups in total. The number of nitrogens with zero attached hydrogens (tertiary/aromatic N) is 1. The van der Waals surface area contributed by atoms with E-state index in [9.17, 15) is 9.59 Å². The standard InChI is InChI=1S/C21H26N2O4/c1-5-27-20-11-6-16(15(2)24)12-17(20)13-23(3)14-21(25)22-18-7-9-19(26-4)10-8-18/h6-12H,5,13-14H2,1-4H3,(H,22,25). The average molecular weight is 370 g/mol. The van der Waals surface area contributed by atoms with Gasteiger partial charge in [-0.15, -0.1) is 0 Å². The molecule has 27 heavy (non-hydrogen) atoms. The lowest BCUT2D eigenvalue weighted by Crippen LogP contribution is -2.30. The average Bonchev–Trinajstić information content (AvgIpc) is 2.63. The van der Waals surface area contributed by atoms with Gasteiger partial charge in [-0.05, 0) is 63.4 Å². The lowest BCUT2D eigenvalue weighted by atomic mass is 10.1. The van der Waals surface area contributed by atoms with Gasteiger partial charge in [-0.25, -0.2) is 0 Å². The smallest absolute Gasteiger partial charge is 0.238 e. The number of likely N-dealkylation sites (N-methyl/N-ethyl adjacent to an activating group) is 1. The summed E-state index contributed by atoms with van der Waals surface area (Å²) in [6.07, 6.45) is 0. The first-order chi connectivity index (χ1) is 12.9. The Bertz CT molecular complexity index is 787. The molecule has 0 saturated heterocycles. The van der Waals surface area contributed by atoms with E-state index in [1.165, 1.54) is 6.92 Å². The molecule has 0 aliphatic carbocycles. The number of hydrogen-bond acceptors (Lipinski definition) is 5. The number of carbonyl (C=O) groups is 2. The van der Waals surface area contributed by atoms with E-state index in [1.807, 2.05) is 24.9 Å². The van der Waals surface area contributed by atoms with Gasteiger partial charge in [-0.1, -0.05) is 0 Å². The molecule has 0 aliphatic rings. The summed E-state index contributed by atoms with van der Waals surface area (Å²) in [5.74, 6) is 1.34. The van der Waals surface area contributed by atoms with E-state index in [0.29, 0.717) is 24.4 Å². The van der Waals surface area contributed by atoms with Crippen LogP contribution in [0.1, 0.15) is 29.8 Å². The van der Waals surface area contributed by atoms with Gasteiger partial charge >= 0.3 is 0 Å². The molecular formula is C21H26N2O4. The monoisotopic (exact) mass is 370 g/mol. The van der Waals surface area contributed by atoms with E-state index in [1.54, 1.807) is 43.5 Å². The molecule has 0 saturated carbocycles. The third kappa shape index (κ3) is 6.11. The lowest BCUT2D eigenvalue weighted by Gasteiger charge is -2.19. The molecule has 1 amide bonds. The number of benzene rings is 2. The number of methoxy groups -OCH3 is 1. The maximum absolute atomic E-state index is 12.3. The zero-order valence-corrected chi connectivity index (χ0v) is 16.2. The van der Waals surface area contributed by atoms with Crippen molar-refractivity contribution in [1.29, 1.82) is 0 Å². The summed E-state index contributed by atoms with van der Waals surface area (Å²) >= 11 is 0. The fourth-order valence-corrected chi connectivity index (χ4v) is 2.69. The topological polar surface area (TPSA) is 67.9 Å². The first kappa shape index (κ1) is 20.5. The Kier molecular flexibility index (Phi) is 7.37. The molecule has 0 fully saturated rings. The first-order valence-corrected chi connectivity index (χ1v) is 8.82. The Morgan fingerprint density at radius 1 is 1.11 bits per heavy atom. The second-order valence-corrected chi connectivity index (χ2v) is 6.26. The Morgan fingerprint density at radius 2 is 1.81 bits per heavy atom. The van der Waals surface area contributed by atoms with Crippen LogP contribution in [0.15, 0.2) is 42.5 Å². The van der Waals surface area contributed by atoms with Crippen LogP contribution < -0.4 is 14.8 Å². The van der Waals surface area contributed by atoms with Gasteiger partial charge < -0.3 is 14.8 Å². The SMILES string of the molecule is CCOc1ccc(C(C)=O)cc1CN(C)CC(=O)Nc1ccc(OC)cc1.